The molecule has 0 radical (unpaired) electrons. The fraction of sp³-hybridized carbons (Fsp3) is 0.423. The van der Waals surface area contributed by atoms with Crippen LogP contribution in [0.4, 0.5) is 11.5 Å². The Hall–Kier alpha value is -3.79. The second-order valence-electron chi connectivity index (χ2n) is 9.36. The first kappa shape index (κ1) is 23.9. The molecule has 0 bridgehead atoms. The third-order valence-corrected chi connectivity index (χ3v) is 6.80. The van der Waals surface area contributed by atoms with E-state index in [1.807, 2.05) is 41.3 Å². The number of hydrogen-bond donors (Lipinski definition) is 1. The van der Waals surface area contributed by atoms with E-state index in [9.17, 15) is 9.59 Å². The summed E-state index contributed by atoms with van der Waals surface area (Å²) < 4.78 is 5.73. The smallest absolute Gasteiger partial charge is 0.244 e. The summed E-state index contributed by atoms with van der Waals surface area (Å²) in [4.78, 5) is 38.5. The molecule has 2 saturated heterocycles. The Morgan fingerprint density at radius 2 is 1.83 bits per heavy atom. The minimum Gasteiger partial charge on any atom is -0.353 e. The molecular weight excluding hydrogens is 458 g/mol. The van der Waals surface area contributed by atoms with E-state index in [2.05, 4.69) is 25.3 Å². The summed E-state index contributed by atoms with van der Waals surface area (Å²) in [5.41, 5.74) is 2.82. The molecule has 1 atom stereocenters. The monoisotopic (exact) mass is 489 g/mol. The third kappa shape index (κ3) is 5.38. The molecular formula is C26H31N7O3. The quantitative estimate of drug-likeness (QED) is 0.563. The number of benzene rings is 1. The lowest BCUT2D eigenvalue weighted by Gasteiger charge is -2.34. The zero-order chi connectivity index (χ0) is 25.1. The summed E-state index contributed by atoms with van der Waals surface area (Å²) in [7, 11) is 0. The van der Waals surface area contributed by atoms with Gasteiger partial charge in [-0.2, -0.15) is 4.98 Å². The number of aromatic nitrogens is 3. The highest BCUT2D eigenvalue weighted by Gasteiger charge is 2.31. The molecule has 2 aromatic heterocycles. The van der Waals surface area contributed by atoms with Gasteiger partial charge in [-0.3, -0.25) is 14.5 Å². The third-order valence-electron chi connectivity index (χ3n) is 6.80. The molecule has 2 aliphatic rings. The van der Waals surface area contributed by atoms with Crippen LogP contribution in [0.5, 0.6) is 0 Å². The maximum atomic E-state index is 11.6. The van der Waals surface area contributed by atoms with Crippen molar-refractivity contribution >= 4 is 23.3 Å². The van der Waals surface area contributed by atoms with Crippen LogP contribution in [0, 0.1) is 0 Å². The summed E-state index contributed by atoms with van der Waals surface area (Å²) in [6.45, 7) is 7.73. The highest BCUT2D eigenvalue weighted by Crippen LogP contribution is 2.33. The topological polar surface area (TPSA) is 108 Å². The number of nitrogens with zero attached hydrogens (tertiary/aromatic N) is 6. The predicted molar refractivity (Wildman–Crippen MR) is 135 cm³/mol. The van der Waals surface area contributed by atoms with Gasteiger partial charge in [0.05, 0.1) is 6.04 Å². The molecule has 2 fully saturated rings. The maximum Gasteiger partial charge on any atom is 0.244 e. The van der Waals surface area contributed by atoms with Gasteiger partial charge in [-0.15, -0.1) is 0 Å². The Balaban J connectivity index is 1.26. The van der Waals surface area contributed by atoms with Crippen LogP contribution < -0.4 is 10.2 Å². The lowest BCUT2D eigenvalue weighted by molar-refractivity contribution is -0.129. The van der Waals surface area contributed by atoms with E-state index in [4.69, 9.17) is 9.51 Å². The van der Waals surface area contributed by atoms with Gasteiger partial charge < -0.3 is 19.6 Å². The molecule has 0 saturated carbocycles. The normalized spacial score (nSPS) is 18.4. The lowest BCUT2D eigenvalue weighted by Crippen LogP contribution is -2.48. The van der Waals surface area contributed by atoms with Crippen LogP contribution in [0.2, 0.25) is 0 Å². The van der Waals surface area contributed by atoms with Gasteiger partial charge in [-0.05, 0) is 49.2 Å². The SMILES string of the molecule is CC(=O)Nc1ccc(CN2CCC[C@H]2c2nc(-c3ccnc(N4CCN(C(C)=O)CC4)c3)no2)cc1. The average Bonchev–Trinajstić information content (AvgIpc) is 3.55. The lowest BCUT2D eigenvalue weighted by atomic mass is 10.1. The van der Waals surface area contributed by atoms with E-state index in [1.54, 1.807) is 13.1 Å². The van der Waals surface area contributed by atoms with Crippen molar-refractivity contribution in [3.05, 3.63) is 54.0 Å². The summed E-state index contributed by atoms with van der Waals surface area (Å²) in [6.07, 6.45) is 3.80. The van der Waals surface area contributed by atoms with Crippen molar-refractivity contribution in [1.82, 2.24) is 24.9 Å². The Kier molecular flexibility index (Phi) is 6.95. The highest BCUT2D eigenvalue weighted by molar-refractivity contribution is 5.88. The molecule has 4 heterocycles. The standard InChI is InChI=1S/C26H31N7O3/c1-18(34)28-22-7-5-20(6-8-22)17-33-11-3-4-23(33)26-29-25(30-36-26)21-9-10-27-24(16-21)32-14-12-31(13-15-32)19(2)35/h5-10,16,23H,3-4,11-15,17H2,1-2H3,(H,28,34)/t23-/m0/s1. The number of carbonyl (C=O) groups excluding carboxylic acids is 2. The Bertz CT molecular complexity index is 1220. The number of rotatable bonds is 6. The Morgan fingerprint density at radius 1 is 1.06 bits per heavy atom. The van der Waals surface area contributed by atoms with Gasteiger partial charge in [0.15, 0.2) is 0 Å². The number of carbonyl (C=O) groups is 2. The van der Waals surface area contributed by atoms with E-state index in [-0.39, 0.29) is 17.9 Å². The number of nitrogens with one attached hydrogen (secondary N) is 1. The molecule has 36 heavy (non-hydrogen) atoms. The van der Waals surface area contributed by atoms with Crippen molar-refractivity contribution in [1.29, 1.82) is 0 Å². The van der Waals surface area contributed by atoms with Crippen LogP contribution in [0.3, 0.4) is 0 Å². The molecule has 0 spiro atoms. The van der Waals surface area contributed by atoms with Gasteiger partial charge in [0.1, 0.15) is 5.82 Å². The van der Waals surface area contributed by atoms with Crippen LogP contribution in [0.1, 0.15) is 44.2 Å². The zero-order valence-corrected chi connectivity index (χ0v) is 20.7. The van der Waals surface area contributed by atoms with E-state index < -0.39 is 0 Å². The molecule has 0 unspecified atom stereocenters. The molecule has 10 heteroatoms. The van der Waals surface area contributed by atoms with E-state index in [0.29, 0.717) is 24.8 Å². The largest absolute Gasteiger partial charge is 0.353 e. The van der Waals surface area contributed by atoms with Crippen LogP contribution in [0.15, 0.2) is 47.1 Å². The Morgan fingerprint density at radius 3 is 2.56 bits per heavy atom. The number of piperazine rings is 1. The number of amides is 2. The van der Waals surface area contributed by atoms with Crippen LogP contribution in [-0.2, 0) is 16.1 Å². The fourth-order valence-electron chi connectivity index (χ4n) is 4.89. The van der Waals surface area contributed by atoms with Crippen molar-refractivity contribution in [3.8, 4) is 11.4 Å². The summed E-state index contributed by atoms with van der Waals surface area (Å²) in [5, 5.41) is 7.08. The van der Waals surface area contributed by atoms with Crippen LogP contribution >= 0.6 is 0 Å². The summed E-state index contributed by atoms with van der Waals surface area (Å²) >= 11 is 0. The number of anilines is 2. The molecule has 1 aromatic carbocycles. The minimum absolute atomic E-state index is 0.0715. The van der Waals surface area contributed by atoms with Gasteiger partial charge in [-0.25, -0.2) is 4.98 Å². The van der Waals surface area contributed by atoms with Crippen molar-refractivity contribution in [3.63, 3.8) is 0 Å². The summed E-state index contributed by atoms with van der Waals surface area (Å²) in [6, 6.07) is 11.9. The first-order valence-electron chi connectivity index (χ1n) is 12.4. The van der Waals surface area contributed by atoms with E-state index >= 15 is 0 Å². The van der Waals surface area contributed by atoms with Crippen LogP contribution in [0.25, 0.3) is 11.4 Å². The van der Waals surface area contributed by atoms with Crippen molar-refractivity contribution in [2.24, 2.45) is 0 Å². The first-order valence-corrected chi connectivity index (χ1v) is 12.4. The minimum atomic E-state index is -0.0774. The van der Waals surface area contributed by atoms with Gasteiger partial charge in [0.25, 0.3) is 0 Å². The molecule has 2 amide bonds. The van der Waals surface area contributed by atoms with Gasteiger partial charge in [0, 0.05) is 64.0 Å². The first-order chi connectivity index (χ1) is 17.5. The van der Waals surface area contributed by atoms with Gasteiger partial charge in [-0.1, -0.05) is 17.3 Å². The molecule has 0 aliphatic carbocycles. The number of likely N-dealkylation sites (tertiary alicyclic amines) is 1. The van der Waals surface area contributed by atoms with Gasteiger partial charge >= 0.3 is 0 Å². The van der Waals surface area contributed by atoms with E-state index in [1.165, 1.54) is 12.5 Å². The molecule has 5 rings (SSSR count). The maximum absolute atomic E-state index is 11.6. The molecule has 1 N–H and O–H groups in total. The second kappa shape index (κ2) is 10.4. The summed E-state index contributed by atoms with van der Waals surface area (Å²) in [5.74, 6) is 2.07. The van der Waals surface area contributed by atoms with Crippen molar-refractivity contribution < 1.29 is 14.1 Å². The number of pyridine rings is 1. The molecule has 3 aromatic rings. The average molecular weight is 490 g/mol. The highest BCUT2D eigenvalue weighted by atomic mass is 16.5. The van der Waals surface area contributed by atoms with Crippen molar-refractivity contribution in [2.45, 2.75) is 39.3 Å². The predicted octanol–water partition coefficient (Wildman–Crippen LogP) is 3.10. The van der Waals surface area contributed by atoms with Crippen molar-refractivity contribution in [2.75, 3.05) is 42.9 Å². The Labute approximate surface area is 210 Å². The number of hydrogen-bond acceptors (Lipinski definition) is 8. The van der Waals surface area contributed by atoms with E-state index in [0.717, 1.165) is 56.1 Å². The molecule has 10 nitrogen and oxygen atoms in total. The van der Waals surface area contributed by atoms with Crippen LogP contribution in [-0.4, -0.2) is 69.5 Å². The fourth-order valence-corrected chi connectivity index (χ4v) is 4.89. The zero-order valence-electron chi connectivity index (χ0n) is 20.7. The second-order valence-corrected chi connectivity index (χ2v) is 9.36. The molecule has 2 aliphatic heterocycles. The van der Waals surface area contributed by atoms with Gasteiger partial charge in [0.2, 0.25) is 23.5 Å². The molecule has 188 valence electrons.